The highest BCUT2D eigenvalue weighted by Gasteiger charge is 2.30. The van der Waals surface area contributed by atoms with Crippen LogP contribution in [-0.2, 0) is 14.8 Å². The normalized spacial score (nSPS) is 18.0. The molecule has 8 heteroatoms. The SMILES string of the molecule is CCOc1ccc(Oc2ccc(S(=O)(=O)NC3CCN(C(=O)C4CCCCC4)CC3)cc2)cc1. The summed E-state index contributed by atoms with van der Waals surface area (Å²) in [6.45, 7) is 3.74. The van der Waals surface area contributed by atoms with E-state index in [1.807, 2.05) is 36.1 Å². The van der Waals surface area contributed by atoms with E-state index in [0.29, 0.717) is 44.0 Å². The van der Waals surface area contributed by atoms with Crippen LogP contribution in [0.4, 0.5) is 0 Å². The zero-order chi connectivity index (χ0) is 24.0. The van der Waals surface area contributed by atoms with E-state index in [-0.39, 0.29) is 22.8 Å². The van der Waals surface area contributed by atoms with E-state index in [9.17, 15) is 13.2 Å². The predicted molar refractivity (Wildman–Crippen MR) is 131 cm³/mol. The zero-order valence-electron chi connectivity index (χ0n) is 19.7. The maximum atomic E-state index is 12.9. The Bertz CT molecular complexity index is 1040. The molecule has 4 rings (SSSR count). The lowest BCUT2D eigenvalue weighted by molar-refractivity contribution is -0.137. The highest BCUT2D eigenvalue weighted by atomic mass is 32.2. The van der Waals surface area contributed by atoms with Gasteiger partial charge in [-0.3, -0.25) is 4.79 Å². The fraction of sp³-hybridized carbons (Fsp3) is 0.500. The number of nitrogens with zero attached hydrogens (tertiary/aromatic N) is 1. The van der Waals surface area contributed by atoms with E-state index in [4.69, 9.17) is 9.47 Å². The minimum Gasteiger partial charge on any atom is -0.494 e. The average Bonchev–Trinajstić information content (AvgIpc) is 2.86. The largest absolute Gasteiger partial charge is 0.494 e. The van der Waals surface area contributed by atoms with E-state index in [2.05, 4.69) is 4.72 Å². The summed E-state index contributed by atoms with van der Waals surface area (Å²) in [7, 11) is -3.65. The zero-order valence-corrected chi connectivity index (χ0v) is 20.6. The molecule has 1 amide bonds. The van der Waals surface area contributed by atoms with Crippen molar-refractivity contribution >= 4 is 15.9 Å². The first-order valence-electron chi connectivity index (χ1n) is 12.3. The Morgan fingerprint density at radius 3 is 2.03 bits per heavy atom. The van der Waals surface area contributed by atoms with Gasteiger partial charge in [0, 0.05) is 25.0 Å². The maximum absolute atomic E-state index is 12.9. The third-order valence-corrected chi connectivity index (χ3v) is 8.12. The van der Waals surface area contributed by atoms with E-state index < -0.39 is 10.0 Å². The summed E-state index contributed by atoms with van der Waals surface area (Å²) >= 11 is 0. The van der Waals surface area contributed by atoms with Crippen molar-refractivity contribution in [2.24, 2.45) is 5.92 Å². The Labute approximate surface area is 202 Å². The average molecular weight is 487 g/mol. The molecule has 184 valence electrons. The number of amides is 1. The number of rotatable bonds is 8. The molecule has 2 aromatic carbocycles. The molecule has 1 saturated heterocycles. The number of sulfonamides is 1. The van der Waals surface area contributed by atoms with Crippen molar-refractivity contribution in [3.05, 3.63) is 48.5 Å². The van der Waals surface area contributed by atoms with Gasteiger partial charge < -0.3 is 14.4 Å². The number of benzene rings is 2. The van der Waals surface area contributed by atoms with E-state index >= 15 is 0 Å². The van der Waals surface area contributed by atoms with Crippen LogP contribution in [0, 0.1) is 5.92 Å². The molecule has 1 N–H and O–H groups in total. The number of hydrogen-bond donors (Lipinski definition) is 1. The summed E-state index contributed by atoms with van der Waals surface area (Å²) in [5.74, 6) is 2.38. The van der Waals surface area contributed by atoms with Gasteiger partial charge in [-0.2, -0.15) is 0 Å². The van der Waals surface area contributed by atoms with Crippen LogP contribution in [-0.4, -0.2) is 45.0 Å². The molecular formula is C26H34N2O5S. The highest BCUT2D eigenvalue weighted by molar-refractivity contribution is 7.89. The maximum Gasteiger partial charge on any atom is 0.240 e. The number of carbonyl (C=O) groups is 1. The van der Waals surface area contributed by atoms with Crippen LogP contribution in [0.25, 0.3) is 0 Å². The van der Waals surface area contributed by atoms with Crippen LogP contribution in [0.15, 0.2) is 53.4 Å². The van der Waals surface area contributed by atoms with Gasteiger partial charge in [-0.15, -0.1) is 0 Å². The molecule has 2 aromatic rings. The Balaban J connectivity index is 1.29. The smallest absolute Gasteiger partial charge is 0.240 e. The lowest BCUT2D eigenvalue weighted by Gasteiger charge is -2.35. The Kier molecular flexibility index (Phi) is 8.11. The van der Waals surface area contributed by atoms with Gasteiger partial charge in [0.05, 0.1) is 11.5 Å². The van der Waals surface area contributed by atoms with Gasteiger partial charge in [0.2, 0.25) is 15.9 Å². The first-order chi connectivity index (χ1) is 16.4. The molecule has 0 radical (unpaired) electrons. The van der Waals surface area contributed by atoms with Gasteiger partial charge in [0.15, 0.2) is 0 Å². The molecule has 0 aromatic heterocycles. The summed E-state index contributed by atoms with van der Waals surface area (Å²) in [4.78, 5) is 14.9. The van der Waals surface area contributed by atoms with Gasteiger partial charge in [0.1, 0.15) is 17.2 Å². The predicted octanol–water partition coefficient (Wildman–Crippen LogP) is 4.73. The first-order valence-corrected chi connectivity index (χ1v) is 13.7. The van der Waals surface area contributed by atoms with Crippen molar-refractivity contribution in [3.63, 3.8) is 0 Å². The molecule has 1 saturated carbocycles. The van der Waals surface area contributed by atoms with E-state index in [0.717, 1.165) is 31.4 Å². The molecule has 2 aliphatic rings. The number of nitrogens with one attached hydrogen (secondary N) is 1. The Hall–Kier alpha value is -2.58. The van der Waals surface area contributed by atoms with Gasteiger partial charge in [-0.1, -0.05) is 19.3 Å². The van der Waals surface area contributed by atoms with Crippen LogP contribution < -0.4 is 14.2 Å². The molecule has 34 heavy (non-hydrogen) atoms. The van der Waals surface area contributed by atoms with Crippen molar-refractivity contribution in [1.29, 1.82) is 0 Å². The standard InChI is InChI=1S/C26H34N2O5S/c1-2-32-22-8-10-23(11-9-22)33-24-12-14-25(15-13-24)34(30,31)27-21-16-18-28(19-17-21)26(29)20-6-4-3-5-7-20/h8-15,20-21,27H,2-7,16-19H2,1H3. The van der Waals surface area contributed by atoms with Crippen molar-refractivity contribution in [2.75, 3.05) is 19.7 Å². The van der Waals surface area contributed by atoms with Crippen LogP contribution in [0.2, 0.25) is 0 Å². The molecule has 0 spiro atoms. The minimum atomic E-state index is -3.65. The molecule has 1 aliphatic heterocycles. The number of piperidine rings is 1. The van der Waals surface area contributed by atoms with Crippen molar-refractivity contribution in [2.45, 2.75) is 62.8 Å². The molecule has 0 atom stereocenters. The number of carbonyl (C=O) groups excluding carboxylic acids is 1. The van der Waals surface area contributed by atoms with Crippen LogP contribution in [0.1, 0.15) is 51.9 Å². The molecule has 1 heterocycles. The fourth-order valence-electron chi connectivity index (χ4n) is 4.71. The summed E-state index contributed by atoms with van der Waals surface area (Å²) in [6, 6.07) is 13.5. The summed E-state index contributed by atoms with van der Waals surface area (Å²) in [5.41, 5.74) is 0. The molecule has 2 fully saturated rings. The number of hydrogen-bond acceptors (Lipinski definition) is 5. The second-order valence-electron chi connectivity index (χ2n) is 9.03. The van der Waals surface area contributed by atoms with Gasteiger partial charge in [-0.25, -0.2) is 13.1 Å². The molecule has 0 bridgehead atoms. The van der Waals surface area contributed by atoms with Gasteiger partial charge in [-0.05, 0) is 81.1 Å². The molecule has 1 aliphatic carbocycles. The van der Waals surface area contributed by atoms with Crippen molar-refractivity contribution in [1.82, 2.24) is 9.62 Å². The molecular weight excluding hydrogens is 452 g/mol. The molecule has 0 unspecified atom stereocenters. The van der Waals surface area contributed by atoms with E-state index in [1.165, 1.54) is 6.42 Å². The summed E-state index contributed by atoms with van der Waals surface area (Å²) < 4.78 is 39.8. The lowest BCUT2D eigenvalue weighted by Crippen LogP contribution is -2.48. The quantitative estimate of drug-likeness (QED) is 0.583. The topological polar surface area (TPSA) is 84.9 Å². The monoisotopic (exact) mass is 486 g/mol. The Morgan fingerprint density at radius 1 is 0.882 bits per heavy atom. The second-order valence-corrected chi connectivity index (χ2v) is 10.7. The van der Waals surface area contributed by atoms with Gasteiger partial charge in [0.25, 0.3) is 0 Å². The van der Waals surface area contributed by atoms with Crippen molar-refractivity contribution in [3.8, 4) is 17.2 Å². The first kappa shape index (κ1) is 24.5. The number of ether oxygens (including phenoxy) is 2. The Morgan fingerprint density at radius 2 is 1.44 bits per heavy atom. The minimum absolute atomic E-state index is 0.158. The van der Waals surface area contributed by atoms with E-state index in [1.54, 1.807) is 24.3 Å². The number of likely N-dealkylation sites (tertiary alicyclic amines) is 1. The summed E-state index contributed by atoms with van der Waals surface area (Å²) in [6.07, 6.45) is 6.75. The van der Waals surface area contributed by atoms with Gasteiger partial charge >= 0.3 is 0 Å². The van der Waals surface area contributed by atoms with Crippen molar-refractivity contribution < 1.29 is 22.7 Å². The third kappa shape index (κ3) is 6.30. The summed E-state index contributed by atoms with van der Waals surface area (Å²) in [5, 5.41) is 0. The third-order valence-electron chi connectivity index (χ3n) is 6.59. The lowest BCUT2D eigenvalue weighted by atomic mass is 9.87. The highest BCUT2D eigenvalue weighted by Crippen LogP contribution is 2.28. The fourth-order valence-corrected chi connectivity index (χ4v) is 6.01. The van der Waals surface area contributed by atoms with Crippen LogP contribution >= 0.6 is 0 Å². The van der Waals surface area contributed by atoms with Crippen LogP contribution in [0.3, 0.4) is 0 Å². The van der Waals surface area contributed by atoms with Crippen LogP contribution in [0.5, 0.6) is 17.2 Å². The molecule has 7 nitrogen and oxygen atoms in total. The second kappa shape index (κ2) is 11.2.